The highest BCUT2D eigenvalue weighted by molar-refractivity contribution is 5.94. The molecule has 0 atom stereocenters. The van der Waals surface area contributed by atoms with Crippen LogP contribution in [-0.4, -0.2) is 51.9 Å². The molecule has 202 valence electrons. The summed E-state index contributed by atoms with van der Waals surface area (Å²) < 4.78 is 89.6. The summed E-state index contributed by atoms with van der Waals surface area (Å²) in [7, 11) is 3.23. The first-order chi connectivity index (χ1) is 17.6. The Morgan fingerprint density at radius 2 is 1.55 bits per heavy atom. The molecule has 1 amide bonds. The van der Waals surface area contributed by atoms with Gasteiger partial charge in [-0.2, -0.15) is 26.3 Å². The van der Waals surface area contributed by atoms with Crippen LogP contribution in [0.2, 0.25) is 0 Å². The predicted molar refractivity (Wildman–Crippen MR) is 126 cm³/mol. The largest absolute Gasteiger partial charge is 0.441 e. The number of benzene rings is 2. The Balaban J connectivity index is 1.80. The van der Waals surface area contributed by atoms with Crippen molar-refractivity contribution in [2.75, 3.05) is 14.1 Å². The molecule has 0 bridgehead atoms. The number of nitrogens with zero attached hydrogens (tertiary/aromatic N) is 3. The van der Waals surface area contributed by atoms with E-state index in [2.05, 4.69) is 4.98 Å². The number of carbonyl (C=O) groups is 1. The lowest BCUT2D eigenvalue weighted by molar-refractivity contribution is -0.375. The van der Waals surface area contributed by atoms with E-state index < -0.39 is 29.2 Å². The van der Waals surface area contributed by atoms with Crippen LogP contribution >= 0.6 is 0 Å². The zero-order chi connectivity index (χ0) is 28.2. The Hall–Kier alpha value is -3.80. The number of hydrogen-bond donors (Lipinski definition) is 1. The number of alkyl halides is 6. The summed E-state index contributed by atoms with van der Waals surface area (Å²) in [4.78, 5) is 17.9. The molecule has 0 fully saturated rings. The van der Waals surface area contributed by atoms with E-state index in [1.165, 1.54) is 27.7 Å². The van der Waals surface area contributed by atoms with E-state index in [9.17, 15) is 36.2 Å². The van der Waals surface area contributed by atoms with Gasteiger partial charge in [0.25, 0.3) is 11.5 Å². The molecule has 0 unspecified atom stereocenters. The van der Waals surface area contributed by atoms with E-state index in [0.717, 1.165) is 13.0 Å². The van der Waals surface area contributed by atoms with Gasteiger partial charge in [0.1, 0.15) is 11.5 Å². The van der Waals surface area contributed by atoms with Crippen LogP contribution in [-0.2, 0) is 12.1 Å². The van der Waals surface area contributed by atoms with Crippen LogP contribution < -0.4 is 0 Å². The number of aliphatic hydroxyl groups is 1. The number of amides is 1. The van der Waals surface area contributed by atoms with Crippen molar-refractivity contribution in [2.45, 2.75) is 38.3 Å². The molecule has 1 N–H and O–H groups in total. The van der Waals surface area contributed by atoms with Crippen LogP contribution in [0.15, 0.2) is 52.9 Å². The Labute approximate surface area is 213 Å². The minimum absolute atomic E-state index is 0.0578. The van der Waals surface area contributed by atoms with Crippen LogP contribution in [0.1, 0.15) is 33.1 Å². The van der Waals surface area contributed by atoms with Gasteiger partial charge >= 0.3 is 12.4 Å². The number of hydrogen-bond acceptors (Lipinski definition) is 4. The Morgan fingerprint density at radius 1 is 0.974 bits per heavy atom. The normalized spacial score (nSPS) is 12.8. The third kappa shape index (κ3) is 4.32. The van der Waals surface area contributed by atoms with Gasteiger partial charge in [0, 0.05) is 47.4 Å². The fourth-order valence-electron chi connectivity index (χ4n) is 4.40. The molecule has 2 aromatic carbocycles. The van der Waals surface area contributed by atoms with E-state index in [-0.39, 0.29) is 34.9 Å². The quantitative estimate of drug-likeness (QED) is 0.317. The Bertz CT molecular complexity index is 1480. The maximum Gasteiger partial charge on any atom is 0.430 e. The molecule has 6 nitrogen and oxygen atoms in total. The van der Waals surface area contributed by atoms with E-state index in [4.69, 9.17) is 4.42 Å². The van der Waals surface area contributed by atoms with Gasteiger partial charge in [-0.3, -0.25) is 4.79 Å². The summed E-state index contributed by atoms with van der Waals surface area (Å²) >= 11 is 0. The molecule has 0 saturated carbocycles. The summed E-state index contributed by atoms with van der Waals surface area (Å²) in [6.07, 6.45) is -12.1. The maximum atomic E-state index is 13.8. The van der Waals surface area contributed by atoms with Crippen LogP contribution in [0.5, 0.6) is 0 Å². The van der Waals surface area contributed by atoms with Crippen molar-refractivity contribution < 1.29 is 40.7 Å². The maximum absolute atomic E-state index is 13.8. The smallest absolute Gasteiger partial charge is 0.430 e. The zero-order valence-electron chi connectivity index (χ0n) is 20.7. The highest BCUT2D eigenvalue weighted by Gasteiger charge is 2.72. The van der Waals surface area contributed by atoms with Crippen LogP contribution in [0.3, 0.4) is 0 Å². The van der Waals surface area contributed by atoms with Gasteiger partial charge in [-0.1, -0.05) is 18.2 Å². The van der Waals surface area contributed by atoms with E-state index in [1.54, 1.807) is 45.3 Å². The van der Waals surface area contributed by atoms with E-state index in [0.29, 0.717) is 16.9 Å². The van der Waals surface area contributed by atoms with E-state index in [1.807, 2.05) is 0 Å². The van der Waals surface area contributed by atoms with Crippen molar-refractivity contribution in [3.63, 3.8) is 0 Å². The lowest BCUT2D eigenvalue weighted by atomic mass is 9.89. The number of para-hydroxylation sites is 1. The minimum atomic E-state index is -6.03. The molecule has 0 aliphatic carbocycles. The Morgan fingerprint density at radius 3 is 2.11 bits per heavy atom. The number of rotatable bonds is 5. The van der Waals surface area contributed by atoms with E-state index >= 15 is 0 Å². The summed E-state index contributed by atoms with van der Waals surface area (Å²) in [5.74, 6) is 0.260. The first kappa shape index (κ1) is 27.2. The van der Waals surface area contributed by atoms with Crippen molar-refractivity contribution in [2.24, 2.45) is 0 Å². The molecule has 0 aliphatic rings. The number of halogens is 6. The molecule has 38 heavy (non-hydrogen) atoms. The number of carbonyl (C=O) groups excluding carboxylic acids is 1. The molecule has 12 heteroatoms. The molecule has 0 saturated heterocycles. The Kier molecular flexibility index (Phi) is 6.59. The van der Waals surface area contributed by atoms with Crippen molar-refractivity contribution >= 4 is 16.8 Å². The summed E-state index contributed by atoms with van der Waals surface area (Å²) in [5, 5.41) is 9.81. The van der Waals surface area contributed by atoms with Crippen LogP contribution in [0.25, 0.3) is 22.4 Å². The van der Waals surface area contributed by atoms with Crippen molar-refractivity contribution in [1.82, 2.24) is 14.5 Å². The van der Waals surface area contributed by atoms with Crippen LogP contribution in [0.4, 0.5) is 26.3 Å². The SMILES string of the molecule is Cc1oc(-c2ccc(C(=O)N(C)C)cc2)nc1Cn1c(C)c(C(O)(C(F)(F)F)C(F)(F)F)c2ccccc21. The second-order valence-electron chi connectivity index (χ2n) is 9.07. The fourth-order valence-corrected chi connectivity index (χ4v) is 4.40. The number of oxazole rings is 1. The van der Waals surface area contributed by atoms with Gasteiger partial charge in [0.15, 0.2) is 0 Å². The average molecular weight is 539 g/mol. The number of aryl methyl sites for hydroxylation is 1. The molecule has 4 aromatic rings. The first-order valence-corrected chi connectivity index (χ1v) is 11.3. The summed E-state index contributed by atoms with van der Waals surface area (Å²) in [6.45, 7) is 2.44. The second kappa shape index (κ2) is 9.19. The molecular weight excluding hydrogens is 516 g/mol. The second-order valence-corrected chi connectivity index (χ2v) is 9.07. The van der Waals surface area contributed by atoms with Gasteiger partial charge in [0.05, 0.1) is 6.54 Å². The van der Waals surface area contributed by atoms with Crippen LogP contribution in [0, 0.1) is 13.8 Å². The lowest BCUT2D eigenvalue weighted by Crippen LogP contribution is -2.54. The third-order valence-corrected chi connectivity index (χ3v) is 6.40. The molecule has 0 spiro atoms. The van der Waals surface area contributed by atoms with Gasteiger partial charge in [0.2, 0.25) is 5.89 Å². The van der Waals surface area contributed by atoms with Crippen molar-refractivity contribution in [3.8, 4) is 11.5 Å². The van der Waals surface area contributed by atoms with Crippen molar-refractivity contribution in [3.05, 3.63) is 76.8 Å². The van der Waals surface area contributed by atoms with Gasteiger partial charge in [-0.25, -0.2) is 4.98 Å². The molecule has 2 heterocycles. The minimum Gasteiger partial charge on any atom is -0.441 e. The molecule has 0 radical (unpaired) electrons. The highest BCUT2D eigenvalue weighted by Crippen LogP contribution is 2.53. The van der Waals surface area contributed by atoms with Gasteiger partial charge in [-0.05, 0) is 44.2 Å². The third-order valence-electron chi connectivity index (χ3n) is 6.40. The number of aromatic nitrogens is 2. The summed E-state index contributed by atoms with van der Waals surface area (Å²) in [6, 6.07) is 11.7. The standard InChI is InChI=1S/C26H23F6N3O3/c1-14-21(24(37,25(27,28)29)26(30,31)32)18-7-5-6-8-20(18)35(14)13-19-15(2)38-22(33-19)16-9-11-17(12-10-16)23(36)34(3)4/h5-12,37H,13H2,1-4H3. The average Bonchev–Trinajstić information content (AvgIpc) is 3.34. The first-order valence-electron chi connectivity index (χ1n) is 11.3. The monoisotopic (exact) mass is 539 g/mol. The van der Waals surface area contributed by atoms with Gasteiger partial charge < -0.3 is 19.0 Å². The molecule has 4 rings (SSSR count). The predicted octanol–water partition coefficient (Wildman–Crippen LogP) is 5.98. The topological polar surface area (TPSA) is 71.5 Å². The lowest BCUT2D eigenvalue weighted by Gasteiger charge is -2.33. The number of fused-ring (bicyclic) bond motifs is 1. The van der Waals surface area contributed by atoms with Gasteiger partial charge in [-0.15, -0.1) is 0 Å². The van der Waals surface area contributed by atoms with Crippen molar-refractivity contribution in [1.29, 1.82) is 0 Å². The molecule has 2 aromatic heterocycles. The highest BCUT2D eigenvalue weighted by atomic mass is 19.4. The zero-order valence-corrected chi connectivity index (χ0v) is 20.7. The molecular formula is C26H23F6N3O3. The molecule has 0 aliphatic heterocycles. The fraction of sp³-hybridized carbons (Fsp3) is 0.308. The summed E-state index contributed by atoms with van der Waals surface area (Å²) in [5.41, 5.74) is -5.49.